The molecule has 1 aromatic rings. The third-order valence-corrected chi connectivity index (χ3v) is 4.07. The van der Waals surface area contributed by atoms with Crippen molar-refractivity contribution in [3.63, 3.8) is 0 Å². The first-order chi connectivity index (χ1) is 7.75. The van der Waals surface area contributed by atoms with E-state index in [4.69, 9.17) is 17.3 Å². The molecule has 0 aliphatic carbocycles. The van der Waals surface area contributed by atoms with Crippen LogP contribution in [-0.4, -0.2) is 32.2 Å². The predicted octanol–water partition coefficient (Wildman–Crippen LogP) is 0.585. The lowest BCUT2D eigenvalue weighted by Gasteiger charge is -2.15. The van der Waals surface area contributed by atoms with Crippen molar-refractivity contribution >= 4 is 27.5 Å². The molecule has 0 saturated carbocycles. The minimum atomic E-state index is -3.89. The zero-order valence-electron chi connectivity index (χ0n) is 8.85. The van der Waals surface area contributed by atoms with Gasteiger partial charge in [0.05, 0.1) is 16.5 Å². The molecule has 5 nitrogen and oxygen atoms in total. The van der Waals surface area contributed by atoms with E-state index >= 15 is 0 Å². The normalized spacial score (nSPS) is 11.8. The maximum atomic E-state index is 12.9. The van der Waals surface area contributed by atoms with Gasteiger partial charge < -0.3 is 5.73 Å². The number of benzene rings is 1. The van der Waals surface area contributed by atoms with Crippen LogP contribution in [0.15, 0.2) is 23.1 Å². The molecule has 0 heterocycles. The molecule has 1 amide bonds. The van der Waals surface area contributed by atoms with E-state index in [1.807, 2.05) is 0 Å². The van der Waals surface area contributed by atoms with Crippen molar-refractivity contribution in [2.24, 2.45) is 5.73 Å². The SMILES string of the molecule is CN(CC(N)=O)S(=O)(=O)c1ccc(F)c(Cl)c1. The van der Waals surface area contributed by atoms with E-state index in [1.165, 1.54) is 7.05 Å². The Balaban J connectivity index is 3.13. The maximum absolute atomic E-state index is 12.9. The van der Waals surface area contributed by atoms with E-state index in [0.717, 1.165) is 22.5 Å². The summed E-state index contributed by atoms with van der Waals surface area (Å²) in [5.41, 5.74) is 4.89. The molecule has 0 radical (unpaired) electrons. The van der Waals surface area contributed by atoms with E-state index in [2.05, 4.69) is 0 Å². The number of carbonyl (C=O) groups is 1. The summed E-state index contributed by atoms with van der Waals surface area (Å²) in [5, 5.41) is -0.307. The highest BCUT2D eigenvalue weighted by atomic mass is 35.5. The van der Waals surface area contributed by atoms with Crippen molar-refractivity contribution in [2.45, 2.75) is 4.90 Å². The predicted molar refractivity (Wildman–Crippen MR) is 60.4 cm³/mol. The van der Waals surface area contributed by atoms with E-state index in [-0.39, 0.29) is 9.92 Å². The van der Waals surface area contributed by atoms with E-state index in [9.17, 15) is 17.6 Å². The van der Waals surface area contributed by atoms with Gasteiger partial charge in [-0.2, -0.15) is 4.31 Å². The number of hydrogen-bond acceptors (Lipinski definition) is 3. The molecule has 94 valence electrons. The van der Waals surface area contributed by atoms with Crippen molar-refractivity contribution in [1.29, 1.82) is 0 Å². The van der Waals surface area contributed by atoms with Crippen LogP contribution in [0.5, 0.6) is 0 Å². The molecule has 0 fully saturated rings. The molecule has 0 aromatic heterocycles. The summed E-state index contributed by atoms with van der Waals surface area (Å²) in [7, 11) is -2.70. The molecule has 17 heavy (non-hydrogen) atoms. The van der Waals surface area contributed by atoms with Crippen LogP contribution in [0, 0.1) is 5.82 Å². The Morgan fingerprint density at radius 3 is 2.59 bits per heavy atom. The number of hydrogen-bond donors (Lipinski definition) is 1. The van der Waals surface area contributed by atoms with Gasteiger partial charge in [-0.1, -0.05) is 11.6 Å². The number of carbonyl (C=O) groups excluding carboxylic acids is 1. The Labute approximate surface area is 103 Å². The number of halogens is 2. The molecule has 0 bridgehead atoms. The number of likely N-dealkylation sites (N-methyl/N-ethyl adjacent to an activating group) is 1. The fraction of sp³-hybridized carbons (Fsp3) is 0.222. The monoisotopic (exact) mass is 280 g/mol. The summed E-state index contributed by atoms with van der Waals surface area (Å²) < 4.78 is 37.4. The Bertz CT molecular complexity index is 547. The Hall–Kier alpha value is -1.18. The number of primary amides is 1. The van der Waals surface area contributed by atoms with Gasteiger partial charge in [-0.3, -0.25) is 4.79 Å². The Morgan fingerprint density at radius 2 is 2.12 bits per heavy atom. The van der Waals surface area contributed by atoms with Gasteiger partial charge in [-0.25, -0.2) is 12.8 Å². The summed E-state index contributed by atoms with van der Waals surface area (Å²) >= 11 is 5.48. The highest BCUT2D eigenvalue weighted by Crippen LogP contribution is 2.21. The maximum Gasteiger partial charge on any atom is 0.243 e. The molecular weight excluding hydrogens is 271 g/mol. The van der Waals surface area contributed by atoms with E-state index in [0.29, 0.717) is 0 Å². The van der Waals surface area contributed by atoms with Crippen molar-refractivity contribution < 1.29 is 17.6 Å². The second-order valence-electron chi connectivity index (χ2n) is 3.30. The van der Waals surface area contributed by atoms with Gasteiger partial charge >= 0.3 is 0 Å². The van der Waals surface area contributed by atoms with Gasteiger partial charge in [0.2, 0.25) is 15.9 Å². The molecule has 0 aliphatic rings. The number of amides is 1. The summed E-state index contributed by atoms with van der Waals surface area (Å²) in [4.78, 5) is 10.4. The molecule has 1 rings (SSSR count). The highest BCUT2D eigenvalue weighted by Gasteiger charge is 2.22. The highest BCUT2D eigenvalue weighted by molar-refractivity contribution is 7.89. The second-order valence-corrected chi connectivity index (χ2v) is 5.76. The summed E-state index contributed by atoms with van der Waals surface area (Å²) in [5.74, 6) is -1.51. The van der Waals surface area contributed by atoms with Crippen LogP contribution in [0.25, 0.3) is 0 Å². The third kappa shape index (κ3) is 3.15. The molecule has 0 atom stereocenters. The molecule has 0 aliphatic heterocycles. The standard InChI is InChI=1S/C9H10ClFN2O3S/c1-13(5-9(12)14)17(15,16)6-2-3-8(11)7(10)4-6/h2-4H,5H2,1H3,(H2,12,14). The first-order valence-electron chi connectivity index (χ1n) is 4.45. The molecule has 1 aromatic carbocycles. The molecule has 8 heteroatoms. The lowest BCUT2D eigenvalue weighted by molar-refractivity contribution is -0.118. The zero-order valence-corrected chi connectivity index (χ0v) is 10.4. The van der Waals surface area contributed by atoms with Gasteiger partial charge in [-0.15, -0.1) is 0 Å². The second kappa shape index (κ2) is 4.99. The van der Waals surface area contributed by atoms with E-state index < -0.39 is 28.3 Å². The lowest BCUT2D eigenvalue weighted by atomic mass is 10.3. The van der Waals surface area contributed by atoms with Gasteiger partial charge in [0.1, 0.15) is 5.82 Å². The first-order valence-corrected chi connectivity index (χ1v) is 6.26. The van der Waals surface area contributed by atoms with Crippen molar-refractivity contribution in [2.75, 3.05) is 13.6 Å². The Morgan fingerprint density at radius 1 is 1.53 bits per heavy atom. The van der Waals surface area contributed by atoms with Crippen LogP contribution in [0.3, 0.4) is 0 Å². The number of rotatable bonds is 4. The molecule has 2 N–H and O–H groups in total. The van der Waals surface area contributed by atoms with Gasteiger partial charge in [0, 0.05) is 7.05 Å². The van der Waals surface area contributed by atoms with Crippen LogP contribution >= 0.6 is 11.6 Å². The smallest absolute Gasteiger partial charge is 0.243 e. The topological polar surface area (TPSA) is 80.5 Å². The third-order valence-electron chi connectivity index (χ3n) is 1.98. The van der Waals surface area contributed by atoms with Crippen molar-refractivity contribution in [3.8, 4) is 0 Å². The first kappa shape index (κ1) is 13.9. The molecule has 0 unspecified atom stereocenters. The van der Waals surface area contributed by atoms with Crippen LogP contribution in [0.1, 0.15) is 0 Å². The number of nitrogens with two attached hydrogens (primary N) is 1. The minimum absolute atomic E-state index is 0.201. The van der Waals surface area contributed by atoms with Crippen molar-refractivity contribution in [3.05, 3.63) is 29.0 Å². The largest absolute Gasteiger partial charge is 0.369 e. The van der Waals surface area contributed by atoms with Crippen LogP contribution in [-0.2, 0) is 14.8 Å². The number of nitrogens with zero attached hydrogens (tertiary/aromatic N) is 1. The van der Waals surface area contributed by atoms with Crippen LogP contribution < -0.4 is 5.73 Å². The van der Waals surface area contributed by atoms with Gasteiger partial charge in [-0.05, 0) is 18.2 Å². The number of sulfonamides is 1. The molecule has 0 spiro atoms. The summed E-state index contributed by atoms with van der Waals surface area (Å²) in [6.45, 7) is -0.461. The van der Waals surface area contributed by atoms with Crippen LogP contribution in [0.4, 0.5) is 4.39 Å². The van der Waals surface area contributed by atoms with Gasteiger partial charge in [0.25, 0.3) is 0 Å². The Kier molecular flexibility index (Phi) is 4.07. The van der Waals surface area contributed by atoms with Crippen LogP contribution in [0.2, 0.25) is 5.02 Å². The quantitative estimate of drug-likeness (QED) is 0.876. The van der Waals surface area contributed by atoms with Gasteiger partial charge in [0.15, 0.2) is 0 Å². The van der Waals surface area contributed by atoms with E-state index in [1.54, 1.807) is 0 Å². The van der Waals surface area contributed by atoms with Crippen molar-refractivity contribution in [1.82, 2.24) is 4.31 Å². The average molecular weight is 281 g/mol. The lowest BCUT2D eigenvalue weighted by Crippen LogP contribution is -2.35. The molecule has 0 saturated heterocycles. The zero-order chi connectivity index (χ0) is 13.2. The summed E-state index contributed by atoms with van der Waals surface area (Å²) in [6.07, 6.45) is 0. The average Bonchev–Trinajstić information content (AvgIpc) is 2.20. The minimum Gasteiger partial charge on any atom is -0.369 e. The molecular formula is C9H10ClFN2O3S. The summed E-state index contributed by atoms with van der Waals surface area (Å²) in [6, 6.07) is 2.98. The fourth-order valence-corrected chi connectivity index (χ4v) is 2.53. The fourth-order valence-electron chi connectivity index (χ4n) is 1.12.